The van der Waals surface area contributed by atoms with Gasteiger partial charge in [-0.25, -0.2) is 4.98 Å². The minimum absolute atomic E-state index is 0.299. The summed E-state index contributed by atoms with van der Waals surface area (Å²) in [6.45, 7) is 5.19. The van der Waals surface area contributed by atoms with Crippen LogP contribution in [0.3, 0.4) is 0 Å². The zero-order chi connectivity index (χ0) is 13.1. The number of likely N-dealkylation sites (N-methyl/N-ethyl adjacent to an activating group) is 1. The molecule has 0 bridgehead atoms. The predicted molar refractivity (Wildman–Crippen MR) is 77.9 cm³/mol. The minimum atomic E-state index is 0.299. The molecular formula is C12H17BrN4S. The number of thiophene rings is 1. The van der Waals surface area contributed by atoms with E-state index in [1.807, 2.05) is 11.7 Å². The van der Waals surface area contributed by atoms with Crippen LogP contribution in [-0.4, -0.2) is 21.3 Å². The number of nitrogens with zero attached hydrogens (tertiary/aromatic N) is 3. The Hall–Kier alpha value is -0.720. The molecule has 0 radical (unpaired) electrons. The highest BCUT2D eigenvalue weighted by molar-refractivity contribution is 9.11. The van der Waals surface area contributed by atoms with E-state index in [0.717, 1.165) is 18.8 Å². The molecular weight excluding hydrogens is 312 g/mol. The Labute approximate surface area is 120 Å². The predicted octanol–water partition coefficient (Wildman–Crippen LogP) is 2.84. The van der Waals surface area contributed by atoms with Crippen molar-refractivity contribution in [2.45, 2.75) is 26.3 Å². The molecule has 0 aliphatic carbocycles. The van der Waals surface area contributed by atoms with Crippen molar-refractivity contribution in [1.82, 2.24) is 20.1 Å². The fraction of sp³-hybridized carbons (Fsp3) is 0.500. The lowest BCUT2D eigenvalue weighted by Gasteiger charge is -2.15. The van der Waals surface area contributed by atoms with E-state index in [-0.39, 0.29) is 0 Å². The average molecular weight is 329 g/mol. The first-order valence-corrected chi connectivity index (χ1v) is 7.54. The molecule has 0 fully saturated rings. The molecule has 2 rings (SSSR count). The number of aromatic nitrogens is 3. The molecule has 4 nitrogen and oxygen atoms in total. The highest BCUT2D eigenvalue weighted by Gasteiger charge is 2.17. The molecule has 0 aliphatic rings. The van der Waals surface area contributed by atoms with E-state index >= 15 is 0 Å². The third-order valence-electron chi connectivity index (χ3n) is 2.86. The summed E-state index contributed by atoms with van der Waals surface area (Å²) in [5, 5.41) is 7.63. The Morgan fingerprint density at radius 1 is 1.56 bits per heavy atom. The Kier molecular flexibility index (Phi) is 4.53. The monoisotopic (exact) mass is 328 g/mol. The van der Waals surface area contributed by atoms with Gasteiger partial charge in [0.2, 0.25) is 0 Å². The molecule has 0 saturated carbocycles. The van der Waals surface area contributed by atoms with Gasteiger partial charge in [-0.1, -0.05) is 6.92 Å². The van der Waals surface area contributed by atoms with Crippen LogP contribution in [0, 0.1) is 6.92 Å². The van der Waals surface area contributed by atoms with E-state index in [0.29, 0.717) is 6.04 Å². The SMILES string of the molecule is CCNC(Cc1ncnn1C)c1cc(C)c(Br)s1. The molecule has 1 unspecified atom stereocenters. The van der Waals surface area contributed by atoms with Crippen molar-refractivity contribution in [3.8, 4) is 0 Å². The second-order valence-corrected chi connectivity index (χ2v) is 6.62. The van der Waals surface area contributed by atoms with E-state index in [1.165, 1.54) is 14.2 Å². The summed E-state index contributed by atoms with van der Waals surface area (Å²) >= 11 is 5.37. The second kappa shape index (κ2) is 5.95. The van der Waals surface area contributed by atoms with Gasteiger partial charge >= 0.3 is 0 Å². The van der Waals surface area contributed by atoms with Gasteiger partial charge < -0.3 is 5.32 Å². The van der Waals surface area contributed by atoms with Crippen LogP contribution >= 0.6 is 27.3 Å². The van der Waals surface area contributed by atoms with Gasteiger partial charge in [0.15, 0.2) is 0 Å². The van der Waals surface area contributed by atoms with Crippen molar-refractivity contribution in [3.63, 3.8) is 0 Å². The standard InChI is InChI=1S/C12H17BrN4S/c1-4-14-9(6-11-15-7-16-17(11)3)10-5-8(2)12(13)18-10/h5,7,9,14H,4,6H2,1-3H3. The molecule has 0 aliphatic heterocycles. The van der Waals surface area contributed by atoms with E-state index in [9.17, 15) is 0 Å². The van der Waals surface area contributed by atoms with Crippen molar-refractivity contribution in [3.05, 3.63) is 32.4 Å². The topological polar surface area (TPSA) is 42.7 Å². The van der Waals surface area contributed by atoms with Crippen LogP contribution in [0.4, 0.5) is 0 Å². The molecule has 0 saturated heterocycles. The Balaban J connectivity index is 2.20. The Bertz CT molecular complexity index is 500. The lowest BCUT2D eigenvalue weighted by molar-refractivity contribution is 0.529. The van der Waals surface area contributed by atoms with Crippen LogP contribution in [0.5, 0.6) is 0 Å². The van der Waals surface area contributed by atoms with Gasteiger partial charge in [0.05, 0.1) is 3.79 Å². The van der Waals surface area contributed by atoms with Crippen molar-refractivity contribution < 1.29 is 0 Å². The normalized spacial score (nSPS) is 12.9. The zero-order valence-electron chi connectivity index (χ0n) is 10.8. The van der Waals surface area contributed by atoms with Crippen LogP contribution in [0.2, 0.25) is 0 Å². The smallest absolute Gasteiger partial charge is 0.138 e. The number of rotatable bonds is 5. The molecule has 0 amide bonds. The summed E-state index contributed by atoms with van der Waals surface area (Å²) in [6.07, 6.45) is 2.46. The summed E-state index contributed by atoms with van der Waals surface area (Å²) < 4.78 is 3.04. The summed E-state index contributed by atoms with van der Waals surface area (Å²) in [7, 11) is 1.93. The maximum absolute atomic E-state index is 4.30. The van der Waals surface area contributed by atoms with Gasteiger partial charge in [-0.05, 0) is 41.0 Å². The lowest BCUT2D eigenvalue weighted by Crippen LogP contribution is -2.23. The van der Waals surface area contributed by atoms with E-state index in [4.69, 9.17) is 0 Å². The lowest BCUT2D eigenvalue weighted by atomic mass is 10.1. The van der Waals surface area contributed by atoms with E-state index in [2.05, 4.69) is 51.2 Å². The van der Waals surface area contributed by atoms with Crippen molar-refractivity contribution in [1.29, 1.82) is 0 Å². The Morgan fingerprint density at radius 3 is 2.83 bits per heavy atom. The maximum atomic E-state index is 4.30. The maximum Gasteiger partial charge on any atom is 0.138 e. The number of hydrogen-bond acceptors (Lipinski definition) is 4. The van der Waals surface area contributed by atoms with Gasteiger partial charge in [-0.3, -0.25) is 4.68 Å². The fourth-order valence-corrected chi connectivity index (χ4v) is 3.51. The number of halogens is 1. The van der Waals surface area contributed by atoms with Gasteiger partial charge in [0.1, 0.15) is 12.2 Å². The van der Waals surface area contributed by atoms with Crippen LogP contribution in [0.25, 0.3) is 0 Å². The molecule has 98 valence electrons. The third kappa shape index (κ3) is 2.99. The molecule has 0 spiro atoms. The molecule has 18 heavy (non-hydrogen) atoms. The van der Waals surface area contributed by atoms with Gasteiger partial charge in [-0.2, -0.15) is 5.10 Å². The number of hydrogen-bond donors (Lipinski definition) is 1. The van der Waals surface area contributed by atoms with Crippen LogP contribution < -0.4 is 5.32 Å². The first kappa shape index (κ1) is 13.7. The molecule has 0 aromatic carbocycles. The second-order valence-electron chi connectivity index (χ2n) is 4.22. The Morgan fingerprint density at radius 2 is 2.33 bits per heavy atom. The van der Waals surface area contributed by atoms with Crippen LogP contribution in [-0.2, 0) is 13.5 Å². The number of nitrogens with one attached hydrogen (secondary N) is 1. The molecule has 6 heteroatoms. The van der Waals surface area contributed by atoms with E-state index < -0.39 is 0 Å². The third-order valence-corrected chi connectivity index (χ3v) is 5.11. The zero-order valence-corrected chi connectivity index (χ0v) is 13.2. The molecule has 1 N–H and O–H groups in total. The van der Waals surface area contributed by atoms with Crippen LogP contribution in [0.15, 0.2) is 16.2 Å². The first-order valence-electron chi connectivity index (χ1n) is 5.94. The summed E-state index contributed by atoms with van der Waals surface area (Å²) in [4.78, 5) is 5.63. The molecule has 1 atom stereocenters. The van der Waals surface area contributed by atoms with Crippen molar-refractivity contribution >= 4 is 27.3 Å². The van der Waals surface area contributed by atoms with Crippen LogP contribution in [0.1, 0.15) is 29.2 Å². The number of aryl methyl sites for hydroxylation is 2. The fourth-order valence-electron chi connectivity index (χ4n) is 1.86. The highest BCUT2D eigenvalue weighted by atomic mass is 79.9. The minimum Gasteiger partial charge on any atom is -0.309 e. The summed E-state index contributed by atoms with van der Waals surface area (Å²) in [6, 6.07) is 2.53. The van der Waals surface area contributed by atoms with Gasteiger partial charge in [0.25, 0.3) is 0 Å². The highest BCUT2D eigenvalue weighted by Crippen LogP contribution is 2.32. The summed E-state index contributed by atoms with van der Waals surface area (Å²) in [5.41, 5.74) is 1.29. The largest absolute Gasteiger partial charge is 0.309 e. The molecule has 2 aromatic rings. The van der Waals surface area contributed by atoms with Gasteiger partial charge in [-0.15, -0.1) is 11.3 Å². The van der Waals surface area contributed by atoms with Crippen molar-refractivity contribution in [2.75, 3.05) is 6.54 Å². The molecule has 2 aromatic heterocycles. The first-order chi connectivity index (χ1) is 8.61. The average Bonchev–Trinajstić information content (AvgIpc) is 2.87. The summed E-state index contributed by atoms with van der Waals surface area (Å²) in [5.74, 6) is 1.00. The quantitative estimate of drug-likeness (QED) is 0.917. The van der Waals surface area contributed by atoms with Crippen molar-refractivity contribution in [2.24, 2.45) is 7.05 Å². The van der Waals surface area contributed by atoms with E-state index in [1.54, 1.807) is 17.7 Å². The molecule has 2 heterocycles. The van der Waals surface area contributed by atoms with Gasteiger partial charge in [0, 0.05) is 24.4 Å².